The van der Waals surface area contributed by atoms with Crippen molar-refractivity contribution in [3.63, 3.8) is 0 Å². The van der Waals surface area contributed by atoms with Crippen molar-refractivity contribution in [2.24, 2.45) is 5.73 Å². The highest BCUT2D eigenvalue weighted by molar-refractivity contribution is 5.98. The van der Waals surface area contributed by atoms with E-state index < -0.39 is 5.54 Å². The zero-order chi connectivity index (χ0) is 18.9. The first-order chi connectivity index (χ1) is 13.0. The number of nitrogens with zero attached hydrogens (tertiary/aromatic N) is 3. The van der Waals surface area contributed by atoms with E-state index in [4.69, 9.17) is 5.73 Å². The van der Waals surface area contributed by atoms with E-state index in [0.29, 0.717) is 17.9 Å². The van der Waals surface area contributed by atoms with Crippen LogP contribution in [0.5, 0.6) is 0 Å². The van der Waals surface area contributed by atoms with Crippen LogP contribution in [0.25, 0.3) is 5.65 Å². The second-order valence-electron chi connectivity index (χ2n) is 7.24. The number of rotatable bonds is 4. The van der Waals surface area contributed by atoms with Gasteiger partial charge in [0.05, 0.1) is 12.1 Å². The summed E-state index contributed by atoms with van der Waals surface area (Å²) in [6.07, 6.45) is 6.24. The first-order valence-electron chi connectivity index (χ1n) is 9.29. The number of benzene rings is 1. The molecule has 1 aliphatic carbocycles. The molecule has 1 saturated carbocycles. The van der Waals surface area contributed by atoms with Gasteiger partial charge in [-0.25, -0.2) is 9.48 Å². The van der Waals surface area contributed by atoms with Gasteiger partial charge in [-0.05, 0) is 42.7 Å². The smallest absolute Gasteiger partial charge is 0.324 e. The Morgan fingerprint density at radius 1 is 1.15 bits per heavy atom. The van der Waals surface area contributed by atoms with Gasteiger partial charge in [0.1, 0.15) is 0 Å². The lowest BCUT2D eigenvalue weighted by molar-refractivity contribution is -0.122. The Kier molecular flexibility index (Phi) is 4.53. The van der Waals surface area contributed by atoms with Crippen LogP contribution in [0, 0.1) is 0 Å². The number of carbonyl (C=O) groups excluding carboxylic acids is 1. The van der Waals surface area contributed by atoms with Crippen molar-refractivity contribution in [2.45, 2.75) is 44.2 Å². The van der Waals surface area contributed by atoms with E-state index in [1.807, 2.05) is 30.3 Å². The van der Waals surface area contributed by atoms with E-state index >= 15 is 0 Å². The molecule has 4 rings (SSSR count). The van der Waals surface area contributed by atoms with Gasteiger partial charge in [-0.3, -0.25) is 9.20 Å². The molecule has 0 bridgehead atoms. The minimum absolute atomic E-state index is 0.135. The highest BCUT2D eigenvalue weighted by atomic mass is 16.2. The number of hydrogen-bond donors (Lipinski definition) is 2. The summed E-state index contributed by atoms with van der Waals surface area (Å²) in [4.78, 5) is 25.0. The number of nitrogens with one attached hydrogen (secondary N) is 1. The summed E-state index contributed by atoms with van der Waals surface area (Å²) < 4.78 is 2.93. The van der Waals surface area contributed by atoms with Crippen LogP contribution in [-0.2, 0) is 11.3 Å². The van der Waals surface area contributed by atoms with Crippen LogP contribution in [0.2, 0.25) is 0 Å². The van der Waals surface area contributed by atoms with Crippen molar-refractivity contribution in [3.05, 3.63) is 64.7 Å². The first-order valence-corrected chi connectivity index (χ1v) is 9.29. The van der Waals surface area contributed by atoms with E-state index in [1.165, 1.54) is 9.08 Å². The molecular weight excluding hydrogens is 342 g/mol. The van der Waals surface area contributed by atoms with Gasteiger partial charge in [0.15, 0.2) is 5.65 Å². The summed E-state index contributed by atoms with van der Waals surface area (Å²) >= 11 is 0. The van der Waals surface area contributed by atoms with Gasteiger partial charge in [0.2, 0.25) is 5.91 Å². The Bertz CT molecular complexity index is 1030. The molecule has 140 valence electrons. The van der Waals surface area contributed by atoms with E-state index in [1.54, 1.807) is 18.3 Å². The lowest BCUT2D eigenvalue weighted by atomic mass is 9.82. The molecule has 1 aliphatic rings. The number of nitrogens with two attached hydrogens (primary N) is 1. The van der Waals surface area contributed by atoms with Crippen molar-refractivity contribution >= 4 is 17.2 Å². The minimum Gasteiger partial charge on any atom is -0.324 e. The molecule has 2 aromatic heterocycles. The molecule has 0 saturated heterocycles. The van der Waals surface area contributed by atoms with Crippen molar-refractivity contribution < 1.29 is 4.79 Å². The molecule has 0 aliphatic heterocycles. The van der Waals surface area contributed by atoms with Gasteiger partial charge in [0, 0.05) is 11.9 Å². The van der Waals surface area contributed by atoms with Gasteiger partial charge in [0.25, 0.3) is 0 Å². The molecular formula is C20H23N5O2. The number of pyridine rings is 1. The van der Waals surface area contributed by atoms with E-state index in [-0.39, 0.29) is 11.6 Å². The topological polar surface area (TPSA) is 94.4 Å². The van der Waals surface area contributed by atoms with Gasteiger partial charge in [-0.1, -0.05) is 37.5 Å². The summed E-state index contributed by atoms with van der Waals surface area (Å²) in [5.41, 5.74) is 7.50. The zero-order valence-electron chi connectivity index (χ0n) is 15.1. The molecule has 1 fully saturated rings. The van der Waals surface area contributed by atoms with Crippen LogP contribution in [-0.4, -0.2) is 25.6 Å². The molecule has 27 heavy (non-hydrogen) atoms. The molecule has 0 spiro atoms. The molecule has 3 aromatic rings. The zero-order valence-corrected chi connectivity index (χ0v) is 15.1. The SMILES string of the molecule is NC1(C(=O)Nc2cccc(Cn3nc4ccccn4c3=O)c2)CCCCC1. The third-order valence-corrected chi connectivity index (χ3v) is 5.20. The molecule has 3 N–H and O–H groups in total. The standard InChI is InChI=1S/C20H23N5O2/c21-20(10-3-1-4-11-20)18(26)22-16-8-6-7-15(13-16)14-25-19(27)24-12-5-2-9-17(24)23-25/h2,5-9,12-13H,1,3-4,10-11,14,21H2,(H,22,26). The highest BCUT2D eigenvalue weighted by Crippen LogP contribution is 2.27. The van der Waals surface area contributed by atoms with Crippen LogP contribution >= 0.6 is 0 Å². The van der Waals surface area contributed by atoms with Crippen LogP contribution < -0.4 is 16.7 Å². The lowest BCUT2D eigenvalue weighted by Crippen LogP contribution is -2.52. The average Bonchev–Trinajstić information content (AvgIpc) is 2.98. The predicted octanol–water partition coefficient (Wildman–Crippen LogP) is 2.14. The first kappa shape index (κ1) is 17.5. The monoisotopic (exact) mass is 365 g/mol. The van der Waals surface area contributed by atoms with Gasteiger partial charge < -0.3 is 11.1 Å². The minimum atomic E-state index is -0.785. The van der Waals surface area contributed by atoms with Crippen molar-refractivity contribution in [1.29, 1.82) is 0 Å². The fraction of sp³-hybridized carbons (Fsp3) is 0.350. The van der Waals surface area contributed by atoms with Crippen molar-refractivity contribution in [2.75, 3.05) is 5.32 Å². The van der Waals surface area contributed by atoms with Crippen LogP contribution in [0.1, 0.15) is 37.7 Å². The summed E-state index contributed by atoms with van der Waals surface area (Å²) in [6, 6.07) is 12.9. The number of carbonyl (C=O) groups is 1. The lowest BCUT2D eigenvalue weighted by Gasteiger charge is -2.31. The van der Waals surface area contributed by atoms with E-state index in [0.717, 1.165) is 37.7 Å². The third kappa shape index (κ3) is 3.50. The summed E-state index contributed by atoms with van der Waals surface area (Å²) in [6.45, 7) is 0.331. The Labute approximate surface area is 156 Å². The maximum Gasteiger partial charge on any atom is 0.350 e. The fourth-order valence-electron chi connectivity index (χ4n) is 3.66. The van der Waals surface area contributed by atoms with Gasteiger partial charge >= 0.3 is 5.69 Å². The van der Waals surface area contributed by atoms with Crippen LogP contribution in [0.3, 0.4) is 0 Å². The predicted molar refractivity (Wildman–Crippen MR) is 104 cm³/mol. The maximum atomic E-state index is 12.6. The number of fused-ring (bicyclic) bond motifs is 1. The normalized spacial score (nSPS) is 16.3. The molecule has 1 amide bonds. The maximum absolute atomic E-state index is 12.6. The number of hydrogen-bond acceptors (Lipinski definition) is 4. The van der Waals surface area contributed by atoms with Gasteiger partial charge in [-0.2, -0.15) is 0 Å². The molecule has 1 aromatic carbocycles. The third-order valence-electron chi connectivity index (χ3n) is 5.20. The Morgan fingerprint density at radius 2 is 1.96 bits per heavy atom. The van der Waals surface area contributed by atoms with Crippen molar-refractivity contribution in [3.8, 4) is 0 Å². The number of aromatic nitrogens is 3. The van der Waals surface area contributed by atoms with Gasteiger partial charge in [-0.15, -0.1) is 5.10 Å². The largest absolute Gasteiger partial charge is 0.350 e. The summed E-state index contributed by atoms with van der Waals surface area (Å²) in [5.74, 6) is -0.135. The summed E-state index contributed by atoms with van der Waals surface area (Å²) in [7, 11) is 0. The molecule has 0 atom stereocenters. The molecule has 2 heterocycles. The second-order valence-corrected chi connectivity index (χ2v) is 7.24. The number of amides is 1. The molecule has 0 unspecified atom stereocenters. The van der Waals surface area contributed by atoms with E-state index in [9.17, 15) is 9.59 Å². The highest BCUT2D eigenvalue weighted by Gasteiger charge is 2.35. The number of anilines is 1. The fourth-order valence-corrected chi connectivity index (χ4v) is 3.66. The Morgan fingerprint density at radius 3 is 2.74 bits per heavy atom. The molecule has 7 heteroatoms. The van der Waals surface area contributed by atoms with Crippen molar-refractivity contribution in [1.82, 2.24) is 14.2 Å². The van der Waals surface area contributed by atoms with E-state index in [2.05, 4.69) is 10.4 Å². The Balaban J connectivity index is 1.53. The van der Waals surface area contributed by atoms with Crippen LogP contribution in [0.15, 0.2) is 53.5 Å². The van der Waals surface area contributed by atoms with Crippen LogP contribution in [0.4, 0.5) is 5.69 Å². The Hall–Kier alpha value is -2.93. The second kappa shape index (κ2) is 7.00. The quantitative estimate of drug-likeness (QED) is 0.741. The average molecular weight is 365 g/mol. The molecule has 0 radical (unpaired) electrons. The molecule has 7 nitrogen and oxygen atoms in total. The summed E-state index contributed by atoms with van der Waals surface area (Å²) in [5, 5.41) is 7.28.